The molecule has 10 nitrogen and oxygen atoms in total. The predicted molar refractivity (Wildman–Crippen MR) is 154 cm³/mol. The average Bonchev–Trinajstić information content (AvgIpc) is 2.84. The minimum Gasteiger partial charge on any atom is -0.476 e. The SMILES string of the molecule is Cc1cc2c(cc1C(=O)N(C(C)C)[C@@H]1CCCN(C(=O)OC(C)(C)C)C1)N(CCNC(=O)C(C)(F)F)C(=O)C(C)(C)O2. The number of aryl methyl sites for hydroxylation is 1. The van der Waals surface area contributed by atoms with Crippen LogP contribution in [0.2, 0.25) is 0 Å². The minimum atomic E-state index is -3.55. The van der Waals surface area contributed by atoms with Gasteiger partial charge < -0.3 is 29.5 Å². The number of rotatable bonds is 7. The third kappa shape index (κ3) is 7.49. The number of piperidine rings is 1. The number of ether oxygens (including phenoxy) is 2. The van der Waals surface area contributed by atoms with Crippen molar-refractivity contribution in [3.05, 3.63) is 23.3 Å². The summed E-state index contributed by atoms with van der Waals surface area (Å²) in [7, 11) is 0. The van der Waals surface area contributed by atoms with Crippen LogP contribution in [0.3, 0.4) is 0 Å². The van der Waals surface area contributed by atoms with Crippen molar-refractivity contribution < 1.29 is 37.4 Å². The summed E-state index contributed by atoms with van der Waals surface area (Å²) in [5, 5.41) is 2.16. The van der Waals surface area contributed by atoms with Crippen molar-refractivity contribution in [2.75, 3.05) is 31.1 Å². The maximum atomic E-state index is 14.1. The molecular formula is C30H44F2N4O6. The van der Waals surface area contributed by atoms with Crippen LogP contribution in [0.1, 0.15) is 84.2 Å². The van der Waals surface area contributed by atoms with Crippen molar-refractivity contribution in [3.8, 4) is 5.75 Å². The van der Waals surface area contributed by atoms with Crippen LogP contribution in [0.4, 0.5) is 19.3 Å². The van der Waals surface area contributed by atoms with Gasteiger partial charge in [0.05, 0.1) is 11.7 Å². The Morgan fingerprint density at radius 2 is 1.83 bits per heavy atom. The number of hydrogen-bond donors (Lipinski definition) is 1. The second kappa shape index (κ2) is 12.0. The van der Waals surface area contributed by atoms with E-state index in [2.05, 4.69) is 5.32 Å². The summed E-state index contributed by atoms with van der Waals surface area (Å²) in [5.41, 5.74) is -0.595. The highest BCUT2D eigenvalue weighted by Gasteiger charge is 2.42. The van der Waals surface area contributed by atoms with Crippen LogP contribution in [0.15, 0.2) is 12.1 Å². The molecule has 0 spiro atoms. The second-order valence-electron chi connectivity index (χ2n) is 12.9. The van der Waals surface area contributed by atoms with Gasteiger partial charge in [0.25, 0.3) is 17.7 Å². The van der Waals surface area contributed by atoms with Gasteiger partial charge in [0.15, 0.2) is 5.60 Å². The zero-order valence-electron chi connectivity index (χ0n) is 26.1. The quantitative estimate of drug-likeness (QED) is 0.498. The van der Waals surface area contributed by atoms with Crippen molar-refractivity contribution in [2.45, 2.75) is 104 Å². The summed E-state index contributed by atoms with van der Waals surface area (Å²) in [6, 6.07) is 2.82. The number of carbonyl (C=O) groups is 4. The number of alkyl halides is 2. The first-order valence-corrected chi connectivity index (χ1v) is 14.3. The molecule has 2 heterocycles. The molecule has 0 saturated carbocycles. The second-order valence-corrected chi connectivity index (χ2v) is 12.9. The number of nitrogens with one attached hydrogen (secondary N) is 1. The van der Waals surface area contributed by atoms with Gasteiger partial charge in [-0.15, -0.1) is 0 Å². The van der Waals surface area contributed by atoms with E-state index in [1.54, 1.807) is 63.5 Å². The van der Waals surface area contributed by atoms with Crippen molar-refractivity contribution in [1.82, 2.24) is 15.1 Å². The maximum Gasteiger partial charge on any atom is 0.410 e. The smallest absolute Gasteiger partial charge is 0.410 e. The van der Waals surface area contributed by atoms with Crippen LogP contribution in [-0.2, 0) is 14.3 Å². The number of anilines is 1. The number of halogens is 2. The molecule has 0 aliphatic carbocycles. The van der Waals surface area contributed by atoms with Crippen LogP contribution >= 0.6 is 0 Å². The minimum absolute atomic E-state index is 0.0987. The number of likely N-dealkylation sites (tertiary alicyclic amines) is 1. The fourth-order valence-corrected chi connectivity index (χ4v) is 5.24. The Morgan fingerprint density at radius 3 is 2.40 bits per heavy atom. The number of fused-ring (bicyclic) bond motifs is 1. The van der Waals surface area contributed by atoms with Crippen molar-refractivity contribution >= 4 is 29.5 Å². The Labute approximate surface area is 246 Å². The third-order valence-electron chi connectivity index (χ3n) is 7.20. The van der Waals surface area contributed by atoms with Gasteiger partial charge in [0, 0.05) is 44.7 Å². The lowest BCUT2D eigenvalue weighted by molar-refractivity contribution is -0.143. The lowest BCUT2D eigenvalue weighted by Crippen LogP contribution is -2.55. The first-order chi connectivity index (χ1) is 19.2. The molecule has 1 saturated heterocycles. The summed E-state index contributed by atoms with van der Waals surface area (Å²) < 4.78 is 38.3. The molecular weight excluding hydrogens is 550 g/mol. The summed E-state index contributed by atoms with van der Waals surface area (Å²) in [4.78, 5) is 56.7. The van der Waals surface area contributed by atoms with Gasteiger partial charge >= 0.3 is 12.0 Å². The van der Waals surface area contributed by atoms with Gasteiger partial charge in [-0.1, -0.05) is 0 Å². The van der Waals surface area contributed by atoms with Gasteiger partial charge in [-0.05, 0) is 85.9 Å². The van der Waals surface area contributed by atoms with E-state index in [1.807, 2.05) is 13.8 Å². The Morgan fingerprint density at radius 1 is 1.19 bits per heavy atom. The average molecular weight is 595 g/mol. The number of nitrogens with zero attached hydrogens (tertiary/aromatic N) is 3. The standard InChI is InChI=1S/C30H44F2N4O6/c1-18(2)36(20-11-10-13-34(17-20)27(40)42-28(4,5)6)24(37)21-16-22-23(15-19(21)3)41-29(7,8)26(39)35(22)14-12-33-25(38)30(9,31)32/h15-16,18,20H,10-14,17H2,1-9H3,(H,33,38)/t20-/m1/s1. The zero-order chi connectivity index (χ0) is 31.8. The first-order valence-electron chi connectivity index (χ1n) is 14.3. The number of carbonyl (C=O) groups excluding carboxylic acids is 4. The molecule has 0 unspecified atom stereocenters. The Hall–Kier alpha value is -3.44. The number of hydrogen-bond acceptors (Lipinski definition) is 6. The van der Waals surface area contributed by atoms with E-state index in [1.165, 1.54) is 4.90 Å². The fourth-order valence-electron chi connectivity index (χ4n) is 5.24. The van der Waals surface area contributed by atoms with E-state index in [-0.39, 0.29) is 31.1 Å². The van der Waals surface area contributed by atoms with E-state index in [9.17, 15) is 28.0 Å². The van der Waals surface area contributed by atoms with Crippen LogP contribution in [0.5, 0.6) is 5.75 Å². The molecule has 4 amide bonds. The van der Waals surface area contributed by atoms with Crippen molar-refractivity contribution in [1.29, 1.82) is 0 Å². The molecule has 2 aliphatic rings. The van der Waals surface area contributed by atoms with Crippen molar-refractivity contribution in [2.24, 2.45) is 0 Å². The Balaban J connectivity index is 1.92. The highest BCUT2D eigenvalue weighted by atomic mass is 19.3. The molecule has 1 N–H and O–H groups in total. The molecule has 0 aromatic heterocycles. The van der Waals surface area contributed by atoms with Crippen LogP contribution in [-0.4, -0.2) is 89.0 Å². The van der Waals surface area contributed by atoms with Crippen LogP contribution < -0.4 is 15.0 Å². The van der Waals surface area contributed by atoms with Gasteiger partial charge in [0.1, 0.15) is 11.4 Å². The van der Waals surface area contributed by atoms with E-state index < -0.39 is 35.0 Å². The van der Waals surface area contributed by atoms with E-state index in [0.29, 0.717) is 55.4 Å². The molecule has 234 valence electrons. The molecule has 0 bridgehead atoms. The zero-order valence-corrected chi connectivity index (χ0v) is 26.1. The highest BCUT2D eigenvalue weighted by Crippen LogP contribution is 2.40. The van der Waals surface area contributed by atoms with Gasteiger partial charge in [-0.3, -0.25) is 14.4 Å². The molecule has 1 aromatic carbocycles. The summed E-state index contributed by atoms with van der Waals surface area (Å²) >= 11 is 0. The Kier molecular flexibility index (Phi) is 9.48. The molecule has 12 heteroatoms. The molecule has 42 heavy (non-hydrogen) atoms. The monoisotopic (exact) mass is 594 g/mol. The first kappa shape index (κ1) is 33.1. The van der Waals surface area contributed by atoms with Crippen LogP contribution in [0.25, 0.3) is 0 Å². The largest absolute Gasteiger partial charge is 0.476 e. The highest BCUT2D eigenvalue weighted by molar-refractivity contribution is 6.05. The molecule has 2 aliphatic heterocycles. The summed E-state index contributed by atoms with van der Waals surface area (Å²) in [5.74, 6) is -5.33. The van der Waals surface area contributed by atoms with Gasteiger partial charge in [-0.25, -0.2) is 4.79 Å². The van der Waals surface area contributed by atoms with E-state index >= 15 is 0 Å². The molecule has 1 aromatic rings. The number of benzene rings is 1. The summed E-state index contributed by atoms with van der Waals surface area (Å²) in [6.07, 6.45) is 0.990. The fraction of sp³-hybridized carbons (Fsp3) is 0.667. The van der Waals surface area contributed by atoms with Gasteiger partial charge in [-0.2, -0.15) is 8.78 Å². The summed E-state index contributed by atoms with van der Waals surface area (Å²) in [6.45, 7) is 15.2. The normalized spacial score (nSPS) is 18.8. The molecule has 1 atom stereocenters. The van der Waals surface area contributed by atoms with E-state index in [0.717, 1.165) is 0 Å². The molecule has 3 rings (SSSR count). The topological polar surface area (TPSA) is 108 Å². The predicted octanol–water partition coefficient (Wildman–Crippen LogP) is 4.52. The van der Waals surface area contributed by atoms with E-state index in [4.69, 9.17) is 9.47 Å². The lowest BCUT2D eigenvalue weighted by atomic mass is 9.97. The molecule has 1 fully saturated rings. The van der Waals surface area contributed by atoms with Crippen molar-refractivity contribution in [3.63, 3.8) is 0 Å². The maximum absolute atomic E-state index is 14.1. The van der Waals surface area contributed by atoms with Crippen LogP contribution in [0, 0.1) is 6.92 Å². The van der Waals surface area contributed by atoms with Gasteiger partial charge in [0.2, 0.25) is 0 Å². The lowest BCUT2D eigenvalue weighted by Gasteiger charge is -2.42. The third-order valence-corrected chi connectivity index (χ3v) is 7.20. The molecule has 0 radical (unpaired) electrons. The number of amides is 4. The Bertz CT molecular complexity index is 1220.